The number of ether oxygens (including phenoxy) is 2. The summed E-state index contributed by atoms with van der Waals surface area (Å²) in [4.78, 5) is 19.5. The van der Waals surface area contributed by atoms with Gasteiger partial charge >= 0.3 is 5.97 Å². The monoisotopic (exact) mass is 604 g/mol. The maximum Gasteiger partial charge on any atom is 0.306 e. The Morgan fingerprint density at radius 2 is 1.47 bits per heavy atom. The topological polar surface area (TPSA) is 71.4 Å². The van der Waals surface area contributed by atoms with Gasteiger partial charge in [0.2, 0.25) is 0 Å². The first-order valence-corrected chi connectivity index (χ1v) is 15.9. The molecule has 1 heterocycles. The highest BCUT2D eigenvalue weighted by molar-refractivity contribution is 6.30. The van der Waals surface area contributed by atoms with Crippen molar-refractivity contribution in [2.24, 2.45) is 4.99 Å². The molecule has 1 fully saturated rings. The number of aliphatic imine (C=N–C) groups is 1. The Morgan fingerprint density at radius 3 is 2.02 bits per heavy atom. The van der Waals surface area contributed by atoms with Crippen LogP contribution in [0.5, 0.6) is 0 Å². The Labute approximate surface area is 261 Å². The van der Waals surface area contributed by atoms with Crippen molar-refractivity contribution in [2.75, 3.05) is 39.4 Å². The van der Waals surface area contributed by atoms with Gasteiger partial charge in [-0.3, -0.25) is 9.79 Å². The van der Waals surface area contributed by atoms with Crippen molar-refractivity contribution >= 4 is 23.5 Å². The van der Waals surface area contributed by atoms with Crippen LogP contribution in [0.2, 0.25) is 5.02 Å². The normalized spacial score (nSPS) is 15.7. The Balaban J connectivity index is 1.51. The number of halogens is 1. The number of rotatable bonds is 14. The summed E-state index contributed by atoms with van der Waals surface area (Å²) in [6.45, 7) is 7.72. The molecule has 1 aliphatic rings. The summed E-state index contributed by atoms with van der Waals surface area (Å²) < 4.78 is 11.0. The summed E-state index contributed by atoms with van der Waals surface area (Å²) in [6, 6.07) is 28.8. The average Bonchev–Trinajstić information content (AvgIpc) is 3.03. The van der Waals surface area contributed by atoms with Crippen LogP contribution >= 0.6 is 11.6 Å². The molecule has 0 aliphatic carbocycles. The minimum atomic E-state index is -0.813. The third-order valence-corrected chi connectivity index (χ3v) is 8.73. The minimum absolute atomic E-state index is 0.239. The molecule has 1 N–H and O–H groups in total. The van der Waals surface area contributed by atoms with E-state index in [4.69, 9.17) is 26.1 Å². The van der Waals surface area contributed by atoms with Gasteiger partial charge in [-0.2, -0.15) is 0 Å². The number of nitrogens with zero attached hydrogens (tertiary/aromatic N) is 2. The standard InChI is InChI=1S/C36H45ClN2O4/c1-3-42-33(20-21-34(40)43-4-2)38-28-35(29-12-7-5-8-13-29,30-14-9-6-10-15-30)22-11-25-39-26-23-36(41,24-27-39)31-16-18-32(37)19-17-31/h5-10,12-19,41H,3-4,11,20-28H2,1-2H3. The van der Waals surface area contributed by atoms with Crippen molar-refractivity contribution in [1.82, 2.24) is 4.90 Å². The van der Waals surface area contributed by atoms with Crippen molar-refractivity contribution in [2.45, 2.75) is 63.4 Å². The van der Waals surface area contributed by atoms with E-state index >= 15 is 0 Å². The first kappa shape index (κ1) is 32.7. The van der Waals surface area contributed by atoms with Crippen LogP contribution in [0.15, 0.2) is 89.9 Å². The lowest BCUT2D eigenvalue weighted by atomic mass is 9.71. The van der Waals surface area contributed by atoms with Gasteiger partial charge in [0.05, 0.1) is 31.8 Å². The van der Waals surface area contributed by atoms with E-state index < -0.39 is 5.60 Å². The molecule has 0 atom stereocenters. The number of hydrogen-bond donors (Lipinski definition) is 1. The van der Waals surface area contributed by atoms with Gasteiger partial charge in [0.1, 0.15) is 0 Å². The molecule has 43 heavy (non-hydrogen) atoms. The zero-order valence-corrected chi connectivity index (χ0v) is 26.3. The Hall–Kier alpha value is -3.19. The van der Waals surface area contributed by atoms with Gasteiger partial charge in [-0.1, -0.05) is 84.4 Å². The van der Waals surface area contributed by atoms with Crippen molar-refractivity contribution in [3.8, 4) is 0 Å². The Morgan fingerprint density at radius 1 is 0.884 bits per heavy atom. The predicted molar refractivity (Wildman–Crippen MR) is 174 cm³/mol. The fourth-order valence-electron chi connectivity index (χ4n) is 6.06. The second-order valence-corrected chi connectivity index (χ2v) is 11.7. The minimum Gasteiger partial charge on any atom is -0.481 e. The van der Waals surface area contributed by atoms with Crippen LogP contribution in [-0.2, 0) is 25.3 Å². The molecular weight excluding hydrogens is 560 g/mol. The third kappa shape index (κ3) is 8.91. The molecule has 0 unspecified atom stereocenters. The maximum atomic E-state index is 12.1. The molecule has 1 saturated heterocycles. The molecule has 0 spiro atoms. The number of likely N-dealkylation sites (tertiary alicyclic amines) is 1. The lowest BCUT2D eigenvalue weighted by Crippen LogP contribution is -2.43. The molecule has 230 valence electrons. The second kappa shape index (κ2) is 16.0. The highest BCUT2D eigenvalue weighted by Gasteiger charge is 2.36. The molecule has 0 radical (unpaired) electrons. The van der Waals surface area contributed by atoms with Crippen LogP contribution in [0.25, 0.3) is 0 Å². The smallest absolute Gasteiger partial charge is 0.306 e. The van der Waals surface area contributed by atoms with E-state index in [0.717, 1.165) is 38.0 Å². The lowest BCUT2D eigenvalue weighted by molar-refractivity contribution is -0.143. The zero-order chi connectivity index (χ0) is 30.5. The van der Waals surface area contributed by atoms with E-state index in [9.17, 15) is 9.90 Å². The summed E-state index contributed by atoms with van der Waals surface area (Å²) in [6.07, 6.45) is 3.90. The molecule has 7 heteroatoms. The fourth-order valence-corrected chi connectivity index (χ4v) is 6.19. The van der Waals surface area contributed by atoms with Crippen molar-refractivity contribution in [3.63, 3.8) is 0 Å². The fraction of sp³-hybridized carbons (Fsp3) is 0.444. The van der Waals surface area contributed by atoms with Crippen LogP contribution in [0.4, 0.5) is 0 Å². The van der Waals surface area contributed by atoms with Crippen molar-refractivity contribution < 1.29 is 19.4 Å². The lowest BCUT2D eigenvalue weighted by Gasteiger charge is -2.39. The number of piperidine rings is 1. The van der Waals surface area contributed by atoms with Crippen LogP contribution < -0.4 is 0 Å². The highest BCUT2D eigenvalue weighted by Crippen LogP contribution is 2.38. The third-order valence-electron chi connectivity index (χ3n) is 8.48. The number of aliphatic hydroxyl groups is 1. The average molecular weight is 605 g/mol. The van der Waals surface area contributed by atoms with Gasteiger partial charge < -0.3 is 19.5 Å². The maximum absolute atomic E-state index is 12.1. The van der Waals surface area contributed by atoms with Gasteiger partial charge in [-0.05, 0) is 74.9 Å². The van der Waals surface area contributed by atoms with Crippen LogP contribution in [0.3, 0.4) is 0 Å². The number of hydrogen-bond acceptors (Lipinski definition) is 6. The first-order chi connectivity index (χ1) is 20.9. The van der Waals surface area contributed by atoms with E-state index in [0.29, 0.717) is 49.9 Å². The van der Waals surface area contributed by atoms with Gasteiger partial charge in [0, 0.05) is 29.9 Å². The largest absolute Gasteiger partial charge is 0.481 e. The Kier molecular flexibility index (Phi) is 12.2. The number of carbonyl (C=O) groups excluding carboxylic acids is 1. The molecule has 3 aromatic rings. The van der Waals surface area contributed by atoms with Gasteiger partial charge in [-0.25, -0.2) is 0 Å². The van der Waals surface area contributed by atoms with Crippen LogP contribution in [0, 0.1) is 0 Å². The van der Waals surface area contributed by atoms with Gasteiger partial charge in [-0.15, -0.1) is 0 Å². The second-order valence-electron chi connectivity index (χ2n) is 11.2. The van der Waals surface area contributed by atoms with Crippen molar-refractivity contribution in [1.29, 1.82) is 0 Å². The molecule has 0 saturated carbocycles. The molecule has 0 aromatic heterocycles. The Bertz CT molecular complexity index is 1250. The summed E-state index contributed by atoms with van der Waals surface area (Å²) >= 11 is 6.07. The van der Waals surface area contributed by atoms with Crippen molar-refractivity contribution in [3.05, 3.63) is 107 Å². The molecule has 3 aromatic carbocycles. The molecule has 1 aliphatic heterocycles. The highest BCUT2D eigenvalue weighted by atomic mass is 35.5. The molecule has 6 nitrogen and oxygen atoms in total. The molecule has 0 amide bonds. The summed E-state index contributed by atoms with van der Waals surface area (Å²) in [5.74, 6) is 0.348. The van der Waals surface area contributed by atoms with E-state index in [-0.39, 0.29) is 17.8 Å². The van der Waals surface area contributed by atoms with E-state index in [1.54, 1.807) is 0 Å². The predicted octanol–water partition coefficient (Wildman–Crippen LogP) is 7.17. The quantitative estimate of drug-likeness (QED) is 0.120. The summed E-state index contributed by atoms with van der Waals surface area (Å²) in [7, 11) is 0. The number of benzene rings is 3. The molecule has 0 bridgehead atoms. The molecule has 4 rings (SSSR count). The van der Waals surface area contributed by atoms with E-state index in [1.165, 1.54) is 11.1 Å². The van der Waals surface area contributed by atoms with Crippen LogP contribution in [-0.4, -0.2) is 61.3 Å². The summed E-state index contributed by atoms with van der Waals surface area (Å²) in [5, 5.41) is 12.0. The summed E-state index contributed by atoms with van der Waals surface area (Å²) in [5.41, 5.74) is 2.18. The van der Waals surface area contributed by atoms with Gasteiger partial charge in [0.25, 0.3) is 0 Å². The first-order valence-electron chi connectivity index (χ1n) is 15.5. The zero-order valence-electron chi connectivity index (χ0n) is 25.5. The molecular formula is C36H45ClN2O4. The number of carbonyl (C=O) groups is 1. The van der Waals surface area contributed by atoms with Gasteiger partial charge in [0.15, 0.2) is 5.90 Å². The van der Waals surface area contributed by atoms with Crippen LogP contribution in [0.1, 0.15) is 69.1 Å². The SMILES string of the molecule is CCOC(=O)CCC(=NCC(CCCN1CCC(O)(c2ccc(Cl)cc2)CC1)(c1ccccc1)c1ccccc1)OCC. The van der Waals surface area contributed by atoms with E-state index in [2.05, 4.69) is 53.4 Å². The number of esters is 1. The van der Waals surface area contributed by atoms with E-state index in [1.807, 2.05) is 50.2 Å².